The highest BCUT2D eigenvalue weighted by molar-refractivity contribution is 5.80. The number of rotatable bonds is 6. The van der Waals surface area contributed by atoms with Crippen molar-refractivity contribution in [2.24, 2.45) is 7.05 Å². The molecule has 25 heavy (non-hydrogen) atoms. The Morgan fingerprint density at radius 2 is 1.92 bits per heavy atom. The van der Waals surface area contributed by atoms with Crippen LogP contribution in [0.15, 0.2) is 60.9 Å². The number of para-hydroxylation sites is 1. The fourth-order valence-electron chi connectivity index (χ4n) is 2.48. The minimum Gasteiger partial charge on any atom is -0.481 e. The van der Waals surface area contributed by atoms with E-state index >= 15 is 0 Å². The minimum atomic E-state index is -0.578. The van der Waals surface area contributed by atoms with Gasteiger partial charge in [-0.2, -0.15) is 5.10 Å². The largest absolute Gasteiger partial charge is 0.481 e. The first-order valence-electron chi connectivity index (χ1n) is 8.06. The molecule has 3 rings (SSSR count). The van der Waals surface area contributed by atoms with Gasteiger partial charge in [0.2, 0.25) is 0 Å². The van der Waals surface area contributed by atoms with E-state index in [4.69, 9.17) is 4.74 Å². The van der Waals surface area contributed by atoms with E-state index in [2.05, 4.69) is 15.4 Å². The summed E-state index contributed by atoms with van der Waals surface area (Å²) in [5.74, 6) is 0.489. The predicted molar refractivity (Wildman–Crippen MR) is 94.8 cm³/mol. The van der Waals surface area contributed by atoms with E-state index in [0.717, 1.165) is 17.0 Å². The van der Waals surface area contributed by atoms with Crippen molar-refractivity contribution in [3.63, 3.8) is 0 Å². The zero-order valence-electron chi connectivity index (χ0n) is 14.2. The number of ether oxygens (including phenoxy) is 1. The van der Waals surface area contributed by atoms with Crippen LogP contribution in [0.1, 0.15) is 12.6 Å². The molecule has 0 unspecified atom stereocenters. The van der Waals surface area contributed by atoms with Crippen LogP contribution in [0.2, 0.25) is 0 Å². The molecular formula is C19H20N4O2. The van der Waals surface area contributed by atoms with Crippen LogP contribution in [-0.2, 0) is 18.4 Å². The summed E-state index contributed by atoms with van der Waals surface area (Å²) in [7, 11) is 1.88. The fraction of sp³-hybridized carbons (Fsp3) is 0.211. The molecule has 0 fully saturated rings. The van der Waals surface area contributed by atoms with Crippen LogP contribution < -0.4 is 10.1 Å². The van der Waals surface area contributed by atoms with E-state index in [-0.39, 0.29) is 5.91 Å². The van der Waals surface area contributed by atoms with Crippen LogP contribution in [-0.4, -0.2) is 26.8 Å². The minimum absolute atomic E-state index is 0.181. The molecule has 0 saturated carbocycles. The Morgan fingerprint density at radius 1 is 1.20 bits per heavy atom. The summed E-state index contributed by atoms with van der Waals surface area (Å²) in [6.07, 6.45) is 2.91. The second-order valence-electron chi connectivity index (χ2n) is 5.67. The highest BCUT2D eigenvalue weighted by Gasteiger charge is 2.15. The summed E-state index contributed by atoms with van der Waals surface area (Å²) in [6, 6.07) is 15.1. The molecule has 1 aromatic carbocycles. The Bertz CT molecular complexity index is 831. The first-order valence-corrected chi connectivity index (χ1v) is 8.06. The van der Waals surface area contributed by atoms with Gasteiger partial charge in [-0.3, -0.25) is 14.5 Å². The van der Waals surface area contributed by atoms with Crippen LogP contribution in [0.3, 0.4) is 0 Å². The van der Waals surface area contributed by atoms with E-state index in [1.54, 1.807) is 24.0 Å². The lowest BCUT2D eigenvalue weighted by Gasteiger charge is -2.14. The number of nitrogens with zero attached hydrogens (tertiary/aromatic N) is 3. The van der Waals surface area contributed by atoms with Gasteiger partial charge in [-0.05, 0) is 37.3 Å². The number of carbonyl (C=O) groups excluding carboxylic acids is 1. The molecule has 0 radical (unpaired) electrons. The number of aryl methyl sites for hydroxylation is 1. The molecule has 0 aliphatic rings. The second-order valence-corrected chi connectivity index (χ2v) is 5.67. The van der Waals surface area contributed by atoms with Crippen molar-refractivity contribution in [1.29, 1.82) is 0 Å². The summed E-state index contributed by atoms with van der Waals surface area (Å²) in [5.41, 5.74) is 2.79. The monoisotopic (exact) mass is 336 g/mol. The van der Waals surface area contributed by atoms with E-state index in [1.807, 2.05) is 55.6 Å². The molecule has 1 amide bonds. The van der Waals surface area contributed by atoms with Gasteiger partial charge in [0.05, 0.1) is 17.9 Å². The molecule has 2 aromatic heterocycles. The van der Waals surface area contributed by atoms with E-state index in [1.165, 1.54) is 0 Å². The van der Waals surface area contributed by atoms with Gasteiger partial charge in [-0.25, -0.2) is 0 Å². The average Bonchev–Trinajstić information content (AvgIpc) is 3.02. The third kappa shape index (κ3) is 4.23. The van der Waals surface area contributed by atoms with Crippen molar-refractivity contribution >= 4 is 5.91 Å². The van der Waals surface area contributed by atoms with Crippen molar-refractivity contribution in [3.05, 3.63) is 66.6 Å². The average molecular weight is 336 g/mol. The number of aromatic nitrogens is 3. The van der Waals surface area contributed by atoms with Crippen molar-refractivity contribution in [2.75, 3.05) is 0 Å². The summed E-state index contributed by atoms with van der Waals surface area (Å²) in [4.78, 5) is 16.2. The predicted octanol–water partition coefficient (Wildman–Crippen LogP) is 2.57. The number of pyridine rings is 1. The topological polar surface area (TPSA) is 69.0 Å². The highest BCUT2D eigenvalue weighted by atomic mass is 16.5. The Morgan fingerprint density at radius 3 is 2.64 bits per heavy atom. The van der Waals surface area contributed by atoms with Gasteiger partial charge < -0.3 is 10.1 Å². The SMILES string of the molecule is C[C@H](Oc1ccccc1)C(=O)NCc1cc(-c2ccncc2)n(C)n1. The molecule has 6 heteroatoms. The third-order valence-electron chi connectivity index (χ3n) is 3.78. The number of amides is 1. The van der Waals surface area contributed by atoms with Crippen molar-refractivity contribution in [1.82, 2.24) is 20.1 Å². The molecule has 0 aliphatic carbocycles. The number of nitrogens with one attached hydrogen (secondary N) is 1. The lowest BCUT2D eigenvalue weighted by molar-refractivity contribution is -0.127. The molecule has 3 aromatic rings. The molecule has 0 spiro atoms. The van der Waals surface area contributed by atoms with Gasteiger partial charge in [0.25, 0.3) is 5.91 Å². The zero-order valence-corrected chi connectivity index (χ0v) is 14.2. The molecule has 128 valence electrons. The molecule has 1 atom stereocenters. The van der Waals surface area contributed by atoms with E-state index in [0.29, 0.717) is 12.3 Å². The van der Waals surface area contributed by atoms with Crippen LogP contribution in [0.5, 0.6) is 5.75 Å². The molecule has 0 aliphatic heterocycles. The summed E-state index contributed by atoms with van der Waals surface area (Å²) in [5, 5.41) is 7.30. The van der Waals surface area contributed by atoms with Crippen molar-refractivity contribution < 1.29 is 9.53 Å². The highest BCUT2D eigenvalue weighted by Crippen LogP contribution is 2.18. The van der Waals surface area contributed by atoms with E-state index in [9.17, 15) is 4.79 Å². The van der Waals surface area contributed by atoms with Crippen molar-refractivity contribution in [2.45, 2.75) is 19.6 Å². The molecule has 6 nitrogen and oxygen atoms in total. The van der Waals surface area contributed by atoms with Gasteiger partial charge in [0, 0.05) is 25.0 Å². The summed E-state index contributed by atoms with van der Waals surface area (Å²) >= 11 is 0. The number of carbonyl (C=O) groups is 1. The van der Waals surface area contributed by atoms with Crippen molar-refractivity contribution in [3.8, 4) is 17.0 Å². The second kappa shape index (κ2) is 7.61. The molecule has 0 bridgehead atoms. The van der Waals surface area contributed by atoms with Crippen LogP contribution in [0.25, 0.3) is 11.3 Å². The summed E-state index contributed by atoms with van der Waals surface area (Å²) in [6.45, 7) is 2.07. The lowest BCUT2D eigenvalue weighted by Crippen LogP contribution is -2.36. The van der Waals surface area contributed by atoms with Crippen LogP contribution >= 0.6 is 0 Å². The smallest absolute Gasteiger partial charge is 0.261 e. The van der Waals surface area contributed by atoms with Gasteiger partial charge in [0.1, 0.15) is 5.75 Å². The molecular weight excluding hydrogens is 316 g/mol. The van der Waals surface area contributed by atoms with Crippen LogP contribution in [0.4, 0.5) is 0 Å². The number of hydrogen-bond donors (Lipinski definition) is 1. The lowest BCUT2D eigenvalue weighted by atomic mass is 10.2. The Labute approximate surface area is 146 Å². The Kier molecular flexibility index (Phi) is 5.09. The van der Waals surface area contributed by atoms with Gasteiger partial charge in [0.15, 0.2) is 6.10 Å². The Balaban J connectivity index is 1.59. The first-order chi connectivity index (χ1) is 12.1. The van der Waals surface area contributed by atoms with Gasteiger partial charge in [-0.15, -0.1) is 0 Å². The van der Waals surface area contributed by atoms with Gasteiger partial charge >= 0.3 is 0 Å². The maximum Gasteiger partial charge on any atom is 0.261 e. The maximum atomic E-state index is 12.2. The molecule has 1 N–H and O–H groups in total. The zero-order chi connectivity index (χ0) is 17.6. The quantitative estimate of drug-likeness (QED) is 0.751. The normalized spacial score (nSPS) is 11.8. The summed E-state index contributed by atoms with van der Waals surface area (Å²) < 4.78 is 7.41. The van der Waals surface area contributed by atoms with Crippen LogP contribution in [0, 0.1) is 0 Å². The molecule has 2 heterocycles. The third-order valence-corrected chi connectivity index (χ3v) is 3.78. The number of hydrogen-bond acceptors (Lipinski definition) is 4. The first kappa shape index (κ1) is 16.7. The van der Waals surface area contributed by atoms with Gasteiger partial charge in [-0.1, -0.05) is 18.2 Å². The fourth-order valence-corrected chi connectivity index (χ4v) is 2.48. The molecule has 0 saturated heterocycles. The van der Waals surface area contributed by atoms with E-state index < -0.39 is 6.10 Å². The maximum absolute atomic E-state index is 12.2. The number of benzene rings is 1. The standard InChI is InChI=1S/C19H20N4O2/c1-14(25-17-6-4-3-5-7-17)19(24)21-13-16-12-18(23(2)22-16)15-8-10-20-11-9-15/h3-12,14H,13H2,1-2H3,(H,21,24)/t14-/m0/s1. The Hall–Kier alpha value is -3.15.